The molecule has 6 nitrogen and oxygen atoms in total. The van der Waals surface area contributed by atoms with E-state index in [9.17, 15) is 9.59 Å². The minimum absolute atomic E-state index is 0.0432. The van der Waals surface area contributed by atoms with E-state index in [1.807, 2.05) is 39.8 Å². The van der Waals surface area contributed by atoms with Crippen LogP contribution in [0.5, 0.6) is 0 Å². The van der Waals surface area contributed by atoms with Crippen molar-refractivity contribution in [3.63, 3.8) is 0 Å². The van der Waals surface area contributed by atoms with Crippen LogP contribution in [-0.2, 0) is 9.47 Å². The third-order valence-electron chi connectivity index (χ3n) is 4.11. The maximum absolute atomic E-state index is 12.4. The van der Waals surface area contributed by atoms with Crippen LogP contribution in [0.25, 0.3) is 0 Å². The number of rotatable bonds is 4. The number of nitrogens with zero attached hydrogens (tertiary/aromatic N) is 1. The summed E-state index contributed by atoms with van der Waals surface area (Å²) in [6, 6.07) is 5.65. The van der Waals surface area contributed by atoms with Crippen LogP contribution in [0.15, 0.2) is 18.2 Å². The molecule has 1 aromatic carbocycles. The van der Waals surface area contributed by atoms with Crippen molar-refractivity contribution in [1.29, 1.82) is 0 Å². The van der Waals surface area contributed by atoms with Gasteiger partial charge in [0.05, 0.1) is 18.7 Å². The Hall–Kier alpha value is -2.24. The Morgan fingerprint density at radius 1 is 1.32 bits per heavy atom. The van der Waals surface area contributed by atoms with Crippen LogP contribution in [0.3, 0.4) is 0 Å². The van der Waals surface area contributed by atoms with Crippen molar-refractivity contribution in [1.82, 2.24) is 4.90 Å². The number of likely N-dealkylation sites (tertiary alicyclic amines) is 1. The largest absolute Gasteiger partial charge is 0.465 e. The summed E-state index contributed by atoms with van der Waals surface area (Å²) in [5, 5.41) is 3.30. The molecule has 0 saturated carbocycles. The van der Waals surface area contributed by atoms with Crippen molar-refractivity contribution in [2.75, 3.05) is 25.5 Å². The Kier molecular flexibility index (Phi) is 5.93. The summed E-state index contributed by atoms with van der Waals surface area (Å²) >= 11 is 0. The summed E-state index contributed by atoms with van der Waals surface area (Å²) < 4.78 is 10.3. The summed E-state index contributed by atoms with van der Waals surface area (Å²) in [4.78, 5) is 26.1. The Labute approximate surface area is 149 Å². The number of amides is 1. The maximum Gasteiger partial charge on any atom is 0.410 e. The minimum Gasteiger partial charge on any atom is -0.465 e. The lowest BCUT2D eigenvalue weighted by Crippen LogP contribution is -2.42. The SMILES string of the molecule is COC(=O)c1cc(C)ccc1NCC1CCCN1C(=O)OC(C)(C)C. The van der Waals surface area contributed by atoms with E-state index in [2.05, 4.69) is 5.32 Å². The van der Waals surface area contributed by atoms with Crippen molar-refractivity contribution < 1.29 is 19.1 Å². The molecule has 1 amide bonds. The molecule has 1 aromatic rings. The number of anilines is 1. The van der Waals surface area contributed by atoms with E-state index >= 15 is 0 Å². The van der Waals surface area contributed by atoms with Crippen molar-refractivity contribution in [2.24, 2.45) is 0 Å². The zero-order valence-corrected chi connectivity index (χ0v) is 15.7. The molecular formula is C19H28N2O4. The Balaban J connectivity index is 2.05. The van der Waals surface area contributed by atoms with Crippen LogP contribution in [0.4, 0.5) is 10.5 Å². The lowest BCUT2D eigenvalue weighted by Gasteiger charge is -2.29. The Morgan fingerprint density at radius 2 is 2.04 bits per heavy atom. The standard InChI is InChI=1S/C19H28N2O4/c1-13-8-9-16(15(11-13)17(22)24-5)20-12-14-7-6-10-21(14)18(23)25-19(2,3)4/h8-9,11,14,20H,6-7,10,12H2,1-5H3. The highest BCUT2D eigenvalue weighted by Gasteiger charge is 2.32. The third kappa shape index (κ3) is 5.11. The first kappa shape index (κ1) is 19.1. The van der Waals surface area contributed by atoms with E-state index in [0.717, 1.165) is 18.4 Å². The smallest absolute Gasteiger partial charge is 0.410 e. The number of benzene rings is 1. The Bertz CT molecular complexity index is 637. The van der Waals surface area contributed by atoms with Gasteiger partial charge in [0.15, 0.2) is 0 Å². The second kappa shape index (κ2) is 7.76. The van der Waals surface area contributed by atoms with Gasteiger partial charge in [0.1, 0.15) is 5.60 Å². The minimum atomic E-state index is -0.507. The number of methoxy groups -OCH3 is 1. The number of esters is 1. The third-order valence-corrected chi connectivity index (χ3v) is 4.11. The summed E-state index contributed by atoms with van der Waals surface area (Å²) in [7, 11) is 1.37. The van der Waals surface area contributed by atoms with E-state index in [1.165, 1.54) is 7.11 Å². The average Bonchev–Trinajstić information content (AvgIpc) is 3.00. The summed E-state index contributed by atoms with van der Waals surface area (Å²) in [6.07, 6.45) is 1.57. The lowest BCUT2D eigenvalue weighted by atomic mass is 10.1. The molecule has 1 aliphatic heterocycles. The van der Waals surface area contributed by atoms with Crippen molar-refractivity contribution in [3.8, 4) is 0 Å². The van der Waals surface area contributed by atoms with Crippen molar-refractivity contribution in [2.45, 2.75) is 52.2 Å². The number of nitrogens with one attached hydrogen (secondary N) is 1. The predicted molar refractivity (Wildman–Crippen MR) is 97.0 cm³/mol. The molecule has 1 heterocycles. The van der Waals surface area contributed by atoms with Gasteiger partial charge in [-0.05, 0) is 52.7 Å². The Morgan fingerprint density at radius 3 is 2.68 bits per heavy atom. The molecule has 0 radical (unpaired) electrons. The zero-order chi connectivity index (χ0) is 18.6. The highest BCUT2D eigenvalue weighted by molar-refractivity contribution is 5.95. The molecule has 1 N–H and O–H groups in total. The van der Waals surface area contributed by atoms with Crippen LogP contribution in [-0.4, -0.2) is 48.8 Å². The first-order chi connectivity index (χ1) is 11.7. The normalized spacial score (nSPS) is 17.3. The fourth-order valence-electron chi connectivity index (χ4n) is 2.93. The number of aryl methyl sites for hydroxylation is 1. The van der Waals surface area contributed by atoms with Crippen molar-refractivity contribution in [3.05, 3.63) is 29.3 Å². The molecule has 0 aliphatic carbocycles. The molecule has 1 saturated heterocycles. The summed E-state index contributed by atoms with van der Waals surface area (Å²) in [5.74, 6) is -0.373. The van der Waals surface area contributed by atoms with Gasteiger partial charge in [0.25, 0.3) is 0 Å². The number of carbonyl (C=O) groups excluding carboxylic acids is 2. The molecule has 1 fully saturated rings. The van der Waals surface area contributed by atoms with Gasteiger partial charge in [0, 0.05) is 18.8 Å². The van der Waals surface area contributed by atoms with E-state index in [-0.39, 0.29) is 18.1 Å². The maximum atomic E-state index is 12.4. The van der Waals surface area contributed by atoms with Crippen molar-refractivity contribution >= 4 is 17.7 Å². The second-order valence-electron chi connectivity index (χ2n) is 7.39. The van der Waals surface area contributed by atoms with Crippen LogP contribution < -0.4 is 5.32 Å². The molecule has 1 unspecified atom stereocenters. The molecule has 25 heavy (non-hydrogen) atoms. The molecule has 2 rings (SSSR count). The molecule has 0 spiro atoms. The lowest BCUT2D eigenvalue weighted by molar-refractivity contribution is 0.0234. The van der Waals surface area contributed by atoms with E-state index in [4.69, 9.17) is 9.47 Å². The first-order valence-corrected chi connectivity index (χ1v) is 8.63. The van der Waals surface area contributed by atoms with Crippen LogP contribution >= 0.6 is 0 Å². The number of carbonyl (C=O) groups is 2. The highest BCUT2D eigenvalue weighted by Crippen LogP contribution is 2.23. The molecule has 1 aliphatic rings. The van der Waals surface area contributed by atoms with Gasteiger partial charge in [-0.15, -0.1) is 0 Å². The first-order valence-electron chi connectivity index (χ1n) is 8.63. The average molecular weight is 348 g/mol. The predicted octanol–water partition coefficient (Wildman–Crippen LogP) is 3.59. The molecular weight excluding hydrogens is 320 g/mol. The van der Waals surface area contributed by atoms with Crippen LogP contribution in [0.2, 0.25) is 0 Å². The molecule has 0 aromatic heterocycles. The number of hydrogen-bond donors (Lipinski definition) is 1. The zero-order valence-electron chi connectivity index (χ0n) is 15.7. The van der Waals surface area contributed by atoms with Crippen LogP contribution in [0.1, 0.15) is 49.5 Å². The molecule has 1 atom stereocenters. The highest BCUT2D eigenvalue weighted by atomic mass is 16.6. The van der Waals surface area contributed by atoms with Gasteiger partial charge in [0.2, 0.25) is 0 Å². The van der Waals surface area contributed by atoms with E-state index in [0.29, 0.717) is 24.3 Å². The number of hydrogen-bond acceptors (Lipinski definition) is 5. The number of ether oxygens (including phenoxy) is 2. The summed E-state index contributed by atoms with van der Waals surface area (Å²) in [6.45, 7) is 8.78. The van der Waals surface area contributed by atoms with Gasteiger partial charge in [-0.2, -0.15) is 0 Å². The van der Waals surface area contributed by atoms with Crippen LogP contribution in [0, 0.1) is 6.92 Å². The van der Waals surface area contributed by atoms with E-state index < -0.39 is 5.60 Å². The van der Waals surface area contributed by atoms with Gasteiger partial charge in [-0.3, -0.25) is 0 Å². The quantitative estimate of drug-likeness (QED) is 0.842. The monoisotopic (exact) mass is 348 g/mol. The van der Waals surface area contributed by atoms with Gasteiger partial charge < -0.3 is 19.7 Å². The molecule has 0 bridgehead atoms. The molecule has 138 valence electrons. The fourth-order valence-corrected chi connectivity index (χ4v) is 2.93. The second-order valence-corrected chi connectivity index (χ2v) is 7.39. The molecule has 6 heteroatoms. The fraction of sp³-hybridized carbons (Fsp3) is 0.579. The van der Waals surface area contributed by atoms with Gasteiger partial charge in [-0.25, -0.2) is 9.59 Å². The topological polar surface area (TPSA) is 67.9 Å². The summed E-state index contributed by atoms with van der Waals surface area (Å²) in [5.41, 5.74) is 1.70. The van der Waals surface area contributed by atoms with Gasteiger partial charge >= 0.3 is 12.1 Å². The van der Waals surface area contributed by atoms with Gasteiger partial charge in [-0.1, -0.05) is 11.6 Å². The van der Waals surface area contributed by atoms with E-state index in [1.54, 1.807) is 11.0 Å².